The molecule has 149 heavy (non-hydrogen) atoms. The predicted molar refractivity (Wildman–Crippen MR) is 463 cm³/mol. The number of alkyl halides is 43. The number of hydrogen-bond acceptors (Lipinski definition) is 29. The number of hydrogen-bond donors (Lipinski definition) is 13. The third kappa shape index (κ3) is 82.6. The molecule has 79 heteroatoms. The summed E-state index contributed by atoms with van der Waals surface area (Å²) in [7, 11) is 4.97. The summed E-state index contributed by atoms with van der Waals surface area (Å²) in [4.78, 5) is 89.8. The van der Waals surface area contributed by atoms with E-state index in [0.29, 0.717) is 78.5 Å². The van der Waals surface area contributed by atoms with E-state index in [2.05, 4.69) is 118 Å². The second kappa shape index (κ2) is 89.2. The van der Waals surface area contributed by atoms with E-state index in [9.17, 15) is 213 Å². The Balaban J connectivity index is -0.000000131. The van der Waals surface area contributed by atoms with Crippen molar-refractivity contribution in [3.05, 3.63) is 0 Å². The average Bonchev–Trinajstić information content (AvgIpc) is 0.786. The smallest absolute Gasteiger partial charge is 1.00 e. The van der Waals surface area contributed by atoms with E-state index in [4.69, 9.17) is 37.2 Å². The Morgan fingerprint density at radius 1 is 0.362 bits per heavy atom. The first-order valence-electron chi connectivity index (χ1n) is 40.1. The van der Waals surface area contributed by atoms with Crippen LogP contribution in [-0.2, 0) is 62.2 Å². The first kappa shape index (κ1) is 172. The number of nitrogens with one attached hydrogen (secondary N) is 8. The monoisotopic (exact) mass is 2540 g/mol. The first-order chi connectivity index (χ1) is 66.7. The van der Waals surface area contributed by atoms with Crippen molar-refractivity contribution >= 4 is 146 Å². The molecule has 0 aliphatic carbocycles. The van der Waals surface area contributed by atoms with Gasteiger partial charge in [-0.2, -0.15) is 234 Å². The third-order valence-electron chi connectivity index (χ3n) is 15.5. The fourth-order valence-electron chi connectivity index (χ4n) is 8.05. The van der Waals surface area contributed by atoms with E-state index in [1.807, 2.05) is 0 Å². The number of thiol groups is 1. The molecule has 888 valence electrons. The molecule has 15 N–H and O–H groups in total. The third-order valence-corrected chi connectivity index (χ3v) is 21.2. The number of thioether (sulfide) groups is 5. The number of methoxy groups -OCH3 is 3. The molecule has 0 aromatic rings. The Morgan fingerprint density at radius 3 is 0.725 bits per heavy atom. The number of halogens is 44. The maximum atomic E-state index is 13.4. The fourth-order valence-corrected chi connectivity index (χ4v) is 12.2. The van der Waals surface area contributed by atoms with Gasteiger partial charge in [0.15, 0.2) is 0 Å². The quantitative estimate of drug-likeness (QED) is 0.00230. The topological polar surface area (TPSA) is 410 Å². The van der Waals surface area contributed by atoms with Gasteiger partial charge in [0.2, 0.25) is 17.7 Å². The minimum absolute atomic E-state index is 0. The minimum Gasteiger partial charge on any atom is -1.00 e. The molecule has 0 spiro atoms. The summed E-state index contributed by atoms with van der Waals surface area (Å²) in [5.74, 6) is -10.1. The fraction of sp³-hybridized carbons (Fsp3) is 0.886. The molecule has 3 amide bonds. The number of hydroxylamine groups is 1. The molecule has 0 aliphatic heterocycles. The van der Waals surface area contributed by atoms with E-state index in [1.165, 1.54) is 20.6 Å². The second-order valence-corrected chi connectivity index (χ2v) is 33.7. The molecule has 0 atom stereocenters. The van der Waals surface area contributed by atoms with Crippen LogP contribution in [0, 0.1) is 0 Å². The number of amides is 3. The SMILES string of the molecule is CCCNCCN.COC(=O)CS.COC(=O)CSCCCC(F)(C(F)(F)F)C(F)(F)F.COC(=O)CSCCCC(F)(C(F)(F)F)C(F)(F)F.CONCCNCCNC(=O)CSCCCC(F)(C(F)(F)F)C(F)(F)F.FC(F)(F)C(F)(OCCBr)C(F)(F)F.NCCNCCNC(=O)CSCCCC(F)(C(F)(F)F)C(F)(F)F.NCCNCCNC(=O)CSCCCC(F)(C(F)(F)F)C(F)(F)F.O=C(O)Cl.O=CO[O-].[H-].[K+].[K+]. The van der Waals surface area contributed by atoms with Gasteiger partial charge in [-0.3, -0.25) is 33.6 Å². The summed E-state index contributed by atoms with van der Waals surface area (Å²) in [5, 5.41) is 34.8. The van der Waals surface area contributed by atoms with Crippen molar-refractivity contribution in [1.82, 2.24) is 42.7 Å². The Bertz CT molecular complexity index is 3180. The number of rotatable bonds is 56. The molecule has 0 aliphatic rings. The van der Waals surface area contributed by atoms with Crippen LogP contribution in [0.2, 0.25) is 0 Å². The second-order valence-electron chi connectivity index (χ2n) is 26.7. The van der Waals surface area contributed by atoms with Gasteiger partial charge in [-0.25, -0.2) is 32.2 Å². The Kier molecular flexibility index (Phi) is 103. The Morgan fingerprint density at radius 2 is 0.564 bits per heavy atom. The maximum Gasteiger partial charge on any atom is 1.00 e. The van der Waals surface area contributed by atoms with Gasteiger partial charge in [-0.05, 0) is 73.8 Å². The van der Waals surface area contributed by atoms with Crippen LogP contribution >= 0.6 is 99.0 Å². The van der Waals surface area contributed by atoms with Crippen LogP contribution in [0.15, 0.2) is 0 Å². The van der Waals surface area contributed by atoms with Crippen LogP contribution < -0.4 is 168 Å². The Hall–Kier alpha value is -1.48. The van der Waals surface area contributed by atoms with Crippen molar-refractivity contribution in [3.63, 3.8) is 0 Å². The molecule has 0 saturated heterocycles. The van der Waals surface area contributed by atoms with Crippen molar-refractivity contribution in [2.45, 2.75) is 186 Å². The predicted octanol–water partition coefficient (Wildman–Crippen LogP) is 9.88. The van der Waals surface area contributed by atoms with Gasteiger partial charge in [0.05, 0.1) is 69.6 Å². The number of nitrogens with two attached hydrogens (primary N) is 3. The summed E-state index contributed by atoms with van der Waals surface area (Å²) in [6.45, 7) is 9.28. The molecule has 0 rings (SSSR count). The zero-order valence-electron chi connectivity index (χ0n) is 80.1. The normalized spacial score (nSPS) is 12.4. The molecule has 0 fully saturated rings. The van der Waals surface area contributed by atoms with Crippen LogP contribution in [0.5, 0.6) is 0 Å². The van der Waals surface area contributed by atoms with Gasteiger partial charge < -0.3 is 94.9 Å². The van der Waals surface area contributed by atoms with Gasteiger partial charge in [0.25, 0.3) is 34.8 Å². The standard InChI is InChI=1S/C13H22F7N3O2S.2C12H20F7N3OS.2C9H11F7O2S.C5H4BrF7O.C5H14N2.C3H6O2S.CHClO2.CH2O3.2K.H/c1-25-23-7-5-21-4-6-22-10(24)9-26-8-2-3-11(14,12(15,16)17)13(18,19)20;2*13-10(11(14,15)16,12(17,18)19)2-1-7-24-8-9(23)22-6-5-21-4-3-20;2*1-18-6(17)5-19-4-2-3-7(10,8(11,12)13)9(14,15)16;6-1-2-14-3(7,4(8,9)10)5(11,12)13;1-2-4-7-5-3-6;1-5-3(4)2-6;2-1(3)4;2-1-4-3;;;/h21,23H,2-9H2,1H3,(H,22,24);2*21H,1-8,20H2,(H,22,23);2*2-5H2,1H3;1-2H2;7H,2-6H2,1H3;6H,2H2,1H3;(H,3,4);1,3H;;;/q;;;;;;;;;;2*+1;-1/p-1. The van der Waals surface area contributed by atoms with Crippen molar-refractivity contribution in [2.75, 3.05) is 202 Å². The van der Waals surface area contributed by atoms with Crippen molar-refractivity contribution in [2.24, 2.45) is 17.2 Å². The van der Waals surface area contributed by atoms with Crippen molar-refractivity contribution in [3.8, 4) is 0 Å². The first-order valence-corrected chi connectivity index (χ1v) is 48.0. The van der Waals surface area contributed by atoms with Gasteiger partial charge in [-0.15, -0.1) is 0 Å². The Labute approximate surface area is 951 Å². The average molecular weight is 2550 g/mol. The number of carboxylic acid groups (broad SMARTS) is 1. The van der Waals surface area contributed by atoms with E-state index >= 15 is 0 Å². The van der Waals surface area contributed by atoms with E-state index < -0.39 is 214 Å². The molecular formula is C70H111BrClF42K2N11O16S6. The van der Waals surface area contributed by atoms with Gasteiger partial charge >= 0.3 is 206 Å². The maximum absolute atomic E-state index is 13.4. The zero-order valence-corrected chi connectivity index (χ0v) is 92.6. The van der Waals surface area contributed by atoms with Crippen LogP contribution in [0.4, 0.5) is 189 Å². The zero-order chi connectivity index (χ0) is 118. The molecule has 0 aromatic carbocycles. The van der Waals surface area contributed by atoms with Crippen molar-refractivity contribution < 1.29 is 366 Å². The number of carbonyl (C=O) groups excluding carboxylic acids is 7. The van der Waals surface area contributed by atoms with E-state index in [1.54, 1.807) is 0 Å². The summed E-state index contributed by atoms with van der Waals surface area (Å²) >= 11 is 14.4. The van der Waals surface area contributed by atoms with E-state index in [-0.39, 0.29) is 185 Å². The van der Waals surface area contributed by atoms with Gasteiger partial charge in [0, 0.05) is 141 Å². The number of carbonyl (C=O) groups is 8. The van der Waals surface area contributed by atoms with Gasteiger partial charge in [0.1, 0.15) is 0 Å². The minimum atomic E-state index is -6.15. The van der Waals surface area contributed by atoms with Crippen molar-refractivity contribution in [1.29, 1.82) is 0 Å². The molecular weight excluding hydrogens is 2430 g/mol. The summed E-state index contributed by atoms with van der Waals surface area (Å²) in [5.41, 5.74) is -9.21. The van der Waals surface area contributed by atoms with Crippen LogP contribution in [0.3, 0.4) is 0 Å². The summed E-state index contributed by atoms with van der Waals surface area (Å²) in [6, 6.07) is 0. The van der Waals surface area contributed by atoms with Crippen LogP contribution in [0.25, 0.3) is 0 Å². The molecule has 0 unspecified atom stereocenters. The molecule has 0 bridgehead atoms. The number of esters is 3. The van der Waals surface area contributed by atoms with Crippen LogP contribution in [-0.4, -0.2) is 363 Å². The largest absolute Gasteiger partial charge is 1.00 e. The molecule has 0 heterocycles. The summed E-state index contributed by atoms with van der Waals surface area (Å²) in [6.07, 6.45) is -83.3. The number of ether oxygens (including phenoxy) is 4. The molecule has 27 nitrogen and oxygen atoms in total. The van der Waals surface area contributed by atoms with Crippen LogP contribution in [0.1, 0.15) is 79.0 Å². The molecule has 0 saturated carbocycles. The van der Waals surface area contributed by atoms with Gasteiger partial charge in [-0.1, -0.05) is 22.9 Å². The summed E-state index contributed by atoms with van der Waals surface area (Å²) < 4.78 is 531. The van der Waals surface area contributed by atoms with E-state index in [0.717, 1.165) is 92.7 Å². The molecule has 0 radical (unpaired) electrons. The molecule has 0 aromatic heterocycles.